The van der Waals surface area contributed by atoms with Gasteiger partial charge in [-0.05, 0) is 30.3 Å². The second-order valence-electron chi connectivity index (χ2n) is 6.30. The Kier molecular flexibility index (Phi) is 5.17. The van der Waals surface area contributed by atoms with E-state index in [4.69, 9.17) is 21.1 Å². The standard InChI is InChI=1S/C21H16ClNO5S/c22-15-6-8-18(17(12-15)21(24)14-4-2-1-3-5-14)23-29(25,26)16-7-9-19-20(13-16)28-11-10-27-19/h1-9,12-13,23H,10-11H2. The van der Waals surface area contributed by atoms with E-state index in [1.807, 2.05) is 0 Å². The molecule has 0 aliphatic carbocycles. The van der Waals surface area contributed by atoms with Crippen LogP contribution in [0.3, 0.4) is 0 Å². The summed E-state index contributed by atoms with van der Waals surface area (Å²) in [5.41, 5.74) is 0.720. The first kappa shape index (κ1) is 19.3. The minimum atomic E-state index is -3.98. The van der Waals surface area contributed by atoms with Crippen LogP contribution < -0.4 is 14.2 Å². The Morgan fingerprint density at radius 1 is 0.897 bits per heavy atom. The Bertz CT molecular complexity index is 1180. The van der Waals surface area contributed by atoms with Crippen molar-refractivity contribution in [2.24, 2.45) is 0 Å². The number of halogens is 1. The maximum Gasteiger partial charge on any atom is 0.262 e. The molecule has 3 aromatic carbocycles. The fourth-order valence-electron chi connectivity index (χ4n) is 2.93. The van der Waals surface area contributed by atoms with Crippen molar-refractivity contribution < 1.29 is 22.7 Å². The number of fused-ring (bicyclic) bond motifs is 1. The molecule has 0 amide bonds. The van der Waals surface area contributed by atoms with E-state index in [1.165, 1.54) is 30.3 Å². The summed E-state index contributed by atoms with van der Waals surface area (Å²) in [5.74, 6) is 0.505. The summed E-state index contributed by atoms with van der Waals surface area (Å²) in [7, 11) is -3.98. The van der Waals surface area contributed by atoms with Crippen LogP contribution >= 0.6 is 11.6 Å². The molecule has 4 rings (SSSR count). The first-order valence-corrected chi connectivity index (χ1v) is 10.6. The van der Waals surface area contributed by atoms with E-state index in [0.29, 0.717) is 35.3 Å². The van der Waals surface area contributed by atoms with E-state index in [9.17, 15) is 13.2 Å². The number of ketones is 1. The van der Waals surface area contributed by atoms with Crippen molar-refractivity contribution in [2.45, 2.75) is 4.90 Å². The van der Waals surface area contributed by atoms with Gasteiger partial charge in [0.15, 0.2) is 17.3 Å². The zero-order valence-corrected chi connectivity index (χ0v) is 16.7. The third kappa shape index (κ3) is 4.06. The van der Waals surface area contributed by atoms with Crippen molar-refractivity contribution in [1.82, 2.24) is 0 Å². The van der Waals surface area contributed by atoms with Crippen LogP contribution in [0.2, 0.25) is 5.02 Å². The number of hydrogen-bond acceptors (Lipinski definition) is 5. The lowest BCUT2D eigenvalue weighted by molar-refractivity contribution is 0.103. The van der Waals surface area contributed by atoms with E-state index >= 15 is 0 Å². The fourth-order valence-corrected chi connectivity index (χ4v) is 4.20. The average Bonchev–Trinajstić information content (AvgIpc) is 2.74. The van der Waals surface area contributed by atoms with Gasteiger partial charge in [-0.3, -0.25) is 9.52 Å². The molecule has 0 fully saturated rings. The Morgan fingerprint density at radius 3 is 2.38 bits per heavy atom. The number of ether oxygens (including phenoxy) is 2. The van der Waals surface area contributed by atoms with Crippen molar-refractivity contribution >= 4 is 33.1 Å². The van der Waals surface area contributed by atoms with Crippen molar-refractivity contribution in [3.63, 3.8) is 0 Å². The molecule has 0 aromatic heterocycles. The van der Waals surface area contributed by atoms with Crippen LogP contribution in [0.1, 0.15) is 15.9 Å². The van der Waals surface area contributed by atoms with Gasteiger partial charge in [-0.15, -0.1) is 0 Å². The largest absolute Gasteiger partial charge is 0.486 e. The number of rotatable bonds is 5. The van der Waals surface area contributed by atoms with E-state index in [2.05, 4.69) is 4.72 Å². The summed E-state index contributed by atoms with van der Waals surface area (Å²) in [6.07, 6.45) is 0. The number of anilines is 1. The van der Waals surface area contributed by atoms with Gasteiger partial charge in [0.2, 0.25) is 0 Å². The number of benzene rings is 3. The summed E-state index contributed by atoms with van der Waals surface area (Å²) in [5, 5.41) is 0.326. The van der Waals surface area contributed by atoms with Crippen LogP contribution in [0, 0.1) is 0 Å². The minimum absolute atomic E-state index is 0.00481. The van der Waals surface area contributed by atoms with E-state index in [0.717, 1.165) is 0 Å². The topological polar surface area (TPSA) is 81.7 Å². The molecular weight excluding hydrogens is 414 g/mol. The zero-order valence-electron chi connectivity index (χ0n) is 15.1. The van der Waals surface area contributed by atoms with Gasteiger partial charge in [-0.2, -0.15) is 0 Å². The van der Waals surface area contributed by atoms with Crippen LogP contribution in [0.15, 0.2) is 71.6 Å². The van der Waals surface area contributed by atoms with Crippen LogP contribution in [0.5, 0.6) is 11.5 Å². The van der Waals surface area contributed by atoms with Crippen molar-refractivity contribution in [3.05, 3.63) is 82.9 Å². The van der Waals surface area contributed by atoms with Gasteiger partial charge in [0.1, 0.15) is 13.2 Å². The molecule has 0 saturated heterocycles. The number of carbonyl (C=O) groups excluding carboxylic acids is 1. The van der Waals surface area contributed by atoms with Gasteiger partial charge >= 0.3 is 0 Å². The molecule has 0 atom stereocenters. The lowest BCUT2D eigenvalue weighted by Crippen LogP contribution is -2.18. The molecule has 0 unspecified atom stereocenters. The Labute approximate surface area is 173 Å². The highest BCUT2D eigenvalue weighted by Gasteiger charge is 2.22. The van der Waals surface area contributed by atoms with Gasteiger partial charge in [0.05, 0.1) is 10.6 Å². The fraction of sp³-hybridized carbons (Fsp3) is 0.0952. The molecule has 8 heteroatoms. The Balaban J connectivity index is 1.70. The van der Waals surface area contributed by atoms with Gasteiger partial charge in [-0.25, -0.2) is 8.42 Å². The molecule has 0 radical (unpaired) electrons. The minimum Gasteiger partial charge on any atom is -0.486 e. The smallest absolute Gasteiger partial charge is 0.262 e. The van der Waals surface area contributed by atoms with Gasteiger partial charge < -0.3 is 9.47 Å². The molecule has 0 saturated carbocycles. The zero-order chi connectivity index (χ0) is 20.4. The van der Waals surface area contributed by atoms with Crippen LogP contribution in [-0.2, 0) is 10.0 Å². The number of carbonyl (C=O) groups is 1. The maximum absolute atomic E-state index is 12.9. The Morgan fingerprint density at radius 2 is 1.62 bits per heavy atom. The lowest BCUT2D eigenvalue weighted by Gasteiger charge is -2.19. The second kappa shape index (κ2) is 7.77. The van der Waals surface area contributed by atoms with Crippen molar-refractivity contribution in [1.29, 1.82) is 0 Å². The molecule has 1 N–H and O–H groups in total. The van der Waals surface area contributed by atoms with Crippen LogP contribution in [0.25, 0.3) is 0 Å². The molecule has 0 spiro atoms. The summed E-state index contributed by atoms with van der Waals surface area (Å²) in [4.78, 5) is 12.9. The number of hydrogen-bond donors (Lipinski definition) is 1. The molecule has 1 aliphatic heterocycles. The van der Waals surface area contributed by atoms with E-state index in [1.54, 1.807) is 36.4 Å². The molecule has 29 heavy (non-hydrogen) atoms. The molecule has 3 aromatic rings. The highest BCUT2D eigenvalue weighted by atomic mass is 35.5. The normalized spacial score (nSPS) is 13.0. The molecule has 148 valence electrons. The molecule has 1 aliphatic rings. The maximum atomic E-state index is 12.9. The quantitative estimate of drug-likeness (QED) is 0.616. The van der Waals surface area contributed by atoms with Gasteiger partial charge in [0, 0.05) is 22.2 Å². The van der Waals surface area contributed by atoms with Gasteiger partial charge in [-0.1, -0.05) is 41.9 Å². The summed E-state index contributed by atoms with van der Waals surface area (Å²) in [6, 6.07) is 17.4. The second-order valence-corrected chi connectivity index (χ2v) is 8.41. The lowest BCUT2D eigenvalue weighted by atomic mass is 10.0. The van der Waals surface area contributed by atoms with Crippen LogP contribution in [0.4, 0.5) is 5.69 Å². The monoisotopic (exact) mass is 429 g/mol. The molecular formula is C21H16ClNO5S. The van der Waals surface area contributed by atoms with Crippen molar-refractivity contribution in [3.8, 4) is 11.5 Å². The summed E-state index contributed by atoms with van der Waals surface area (Å²) in [6.45, 7) is 0.754. The first-order chi connectivity index (χ1) is 13.9. The Hall–Kier alpha value is -3.03. The molecule has 1 heterocycles. The van der Waals surface area contributed by atoms with E-state index in [-0.39, 0.29) is 21.9 Å². The average molecular weight is 430 g/mol. The third-order valence-corrected chi connectivity index (χ3v) is 5.93. The molecule has 6 nitrogen and oxygen atoms in total. The van der Waals surface area contributed by atoms with E-state index < -0.39 is 10.0 Å². The van der Waals surface area contributed by atoms with Crippen LogP contribution in [-0.4, -0.2) is 27.4 Å². The summed E-state index contributed by atoms with van der Waals surface area (Å²) < 4.78 is 39.2. The first-order valence-electron chi connectivity index (χ1n) is 8.76. The highest BCUT2D eigenvalue weighted by molar-refractivity contribution is 7.92. The SMILES string of the molecule is O=C(c1ccccc1)c1cc(Cl)ccc1NS(=O)(=O)c1ccc2c(c1)OCCO2. The highest BCUT2D eigenvalue weighted by Crippen LogP contribution is 2.33. The van der Waals surface area contributed by atoms with Gasteiger partial charge in [0.25, 0.3) is 10.0 Å². The molecule has 0 bridgehead atoms. The number of nitrogens with one attached hydrogen (secondary N) is 1. The predicted molar refractivity (Wildman–Crippen MR) is 110 cm³/mol. The summed E-state index contributed by atoms with van der Waals surface area (Å²) >= 11 is 6.06. The predicted octanol–water partition coefficient (Wildman–Crippen LogP) is 4.14. The van der Waals surface area contributed by atoms with Crippen molar-refractivity contribution in [2.75, 3.05) is 17.9 Å². The third-order valence-electron chi connectivity index (χ3n) is 4.33. The number of sulfonamides is 1.